The quantitative estimate of drug-likeness (QED) is 0.445. The van der Waals surface area contributed by atoms with Crippen LogP contribution in [0.2, 0.25) is 0 Å². The fraction of sp³-hybridized carbons (Fsp3) is 0.400. The molecular formula is C10H16S. The lowest BCUT2D eigenvalue weighted by Gasteiger charge is -2.03. The molecule has 0 saturated heterocycles. The molecule has 0 aromatic carbocycles. The maximum Gasteiger partial charge on any atom is -0.0123 e. The van der Waals surface area contributed by atoms with E-state index in [-0.39, 0.29) is 0 Å². The van der Waals surface area contributed by atoms with Crippen LogP contribution in [0.3, 0.4) is 0 Å². The van der Waals surface area contributed by atoms with Crippen LogP contribution in [0.5, 0.6) is 0 Å². The van der Waals surface area contributed by atoms with Gasteiger partial charge in [0.2, 0.25) is 0 Å². The van der Waals surface area contributed by atoms with E-state index in [4.69, 9.17) is 0 Å². The highest BCUT2D eigenvalue weighted by Gasteiger charge is 1.96. The van der Waals surface area contributed by atoms with Crippen molar-refractivity contribution in [3.63, 3.8) is 0 Å². The smallest absolute Gasteiger partial charge is 0.0123 e. The van der Waals surface area contributed by atoms with Crippen LogP contribution in [0.15, 0.2) is 35.8 Å². The third-order valence-corrected chi connectivity index (χ3v) is 2.59. The minimum absolute atomic E-state index is 1.06. The number of allylic oxidation sites excluding steroid dienone is 4. The van der Waals surface area contributed by atoms with Crippen molar-refractivity contribution in [3.8, 4) is 0 Å². The number of hydrogen-bond donors (Lipinski definition) is 0. The molecule has 0 radical (unpaired) electrons. The zero-order valence-corrected chi connectivity index (χ0v) is 8.21. The fourth-order valence-corrected chi connectivity index (χ4v) is 1.53. The first-order valence-corrected chi connectivity index (χ1v) is 4.95. The second kappa shape index (κ2) is 6.29. The predicted molar refractivity (Wildman–Crippen MR) is 55.8 cm³/mol. The van der Waals surface area contributed by atoms with E-state index in [1.165, 1.54) is 10.5 Å². The summed E-state index contributed by atoms with van der Waals surface area (Å²) in [4.78, 5) is 1.42. The first kappa shape index (κ1) is 10.6. The summed E-state index contributed by atoms with van der Waals surface area (Å²) in [5.41, 5.74) is 1.29. The third-order valence-electron chi connectivity index (χ3n) is 1.57. The van der Waals surface area contributed by atoms with Crippen molar-refractivity contribution in [2.24, 2.45) is 0 Å². The summed E-state index contributed by atoms with van der Waals surface area (Å²) >= 11 is 1.80. The molecule has 0 aromatic heterocycles. The second-order valence-corrected chi connectivity index (χ2v) is 3.24. The van der Waals surface area contributed by atoms with E-state index < -0.39 is 0 Å². The van der Waals surface area contributed by atoms with Gasteiger partial charge in [0.1, 0.15) is 0 Å². The molecule has 0 bridgehead atoms. The van der Waals surface area contributed by atoms with Crippen molar-refractivity contribution >= 4 is 11.8 Å². The van der Waals surface area contributed by atoms with Gasteiger partial charge in [0.05, 0.1) is 0 Å². The molecule has 62 valence electrons. The van der Waals surface area contributed by atoms with Gasteiger partial charge in [0.15, 0.2) is 0 Å². The van der Waals surface area contributed by atoms with Gasteiger partial charge in [-0.3, -0.25) is 0 Å². The van der Waals surface area contributed by atoms with Crippen molar-refractivity contribution in [3.05, 3.63) is 35.8 Å². The molecule has 0 amide bonds. The van der Waals surface area contributed by atoms with Crippen molar-refractivity contribution in [1.29, 1.82) is 0 Å². The average molecular weight is 168 g/mol. The minimum atomic E-state index is 1.06. The molecular weight excluding hydrogens is 152 g/mol. The molecule has 1 heteroatoms. The maximum atomic E-state index is 3.74. The van der Waals surface area contributed by atoms with Gasteiger partial charge in [-0.25, -0.2) is 0 Å². The maximum absolute atomic E-state index is 3.74. The van der Waals surface area contributed by atoms with E-state index in [1.807, 2.05) is 12.2 Å². The van der Waals surface area contributed by atoms with Crippen LogP contribution in [0, 0.1) is 0 Å². The van der Waals surface area contributed by atoms with Gasteiger partial charge in [-0.15, -0.1) is 18.3 Å². The largest absolute Gasteiger partial charge is 0.134 e. The summed E-state index contributed by atoms with van der Waals surface area (Å²) < 4.78 is 0. The van der Waals surface area contributed by atoms with Crippen LogP contribution in [0.25, 0.3) is 0 Å². The van der Waals surface area contributed by atoms with Crippen LogP contribution in [0.4, 0.5) is 0 Å². The standard InChI is InChI=1S/C10H16S/c1-5-7-8-10(11-4)9(3)6-2/h5-6H,1-2,7-8H2,3-4H3/b10-9-. The molecule has 0 aromatic rings. The molecule has 0 unspecified atom stereocenters. The van der Waals surface area contributed by atoms with Crippen molar-refractivity contribution in [2.75, 3.05) is 6.26 Å². The van der Waals surface area contributed by atoms with Gasteiger partial charge < -0.3 is 0 Å². The van der Waals surface area contributed by atoms with Crippen LogP contribution >= 0.6 is 11.8 Å². The zero-order valence-electron chi connectivity index (χ0n) is 7.39. The summed E-state index contributed by atoms with van der Waals surface area (Å²) in [6, 6.07) is 0. The Morgan fingerprint density at radius 1 is 1.45 bits per heavy atom. The molecule has 11 heavy (non-hydrogen) atoms. The SMILES string of the molecule is C=CCC/C(SC)=C(\C)C=C. The molecule has 0 aliphatic heterocycles. The van der Waals surface area contributed by atoms with E-state index in [9.17, 15) is 0 Å². The summed E-state index contributed by atoms with van der Waals surface area (Å²) in [7, 11) is 0. The van der Waals surface area contributed by atoms with Crippen molar-refractivity contribution in [2.45, 2.75) is 19.8 Å². The van der Waals surface area contributed by atoms with Gasteiger partial charge in [-0.2, -0.15) is 0 Å². The monoisotopic (exact) mass is 168 g/mol. The molecule has 0 N–H and O–H groups in total. The fourth-order valence-electron chi connectivity index (χ4n) is 0.807. The highest BCUT2D eigenvalue weighted by atomic mass is 32.2. The number of rotatable bonds is 5. The van der Waals surface area contributed by atoms with E-state index in [2.05, 4.69) is 26.3 Å². The van der Waals surface area contributed by atoms with Crippen molar-refractivity contribution in [1.82, 2.24) is 0 Å². The highest BCUT2D eigenvalue weighted by molar-refractivity contribution is 8.02. The lowest BCUT2D eigenvalue weighted by molar-refractivity contribution is 1.03. The number of hydrogen-bond acceptors (Lipinski definition) is 1. The Bertz CT molecular complexity index is 166. The molecule has 0 spiro atoms. The summed E-state index contributed by atoms with van der Waals surface area (Å²) in [6.45, 7) is 9.53. The first-order chi connectivity index (χ1) is 5.26. The van der Waals surface area contributed by atoms with Crippen LogP contribution < -0.4 is 0 Å². The van der Waals surface area contributed by atoms with E-state index in [0.717, 1.165) is 12.8 Å². The topological polar surface area (TPSA) is 0 Å². The van der Waals surface area contributed by atoms with E-state index in [1.54, 1.807) is 11.8 Å². The molecule has 0 saturated carbocycles. The van der Waals surface area contributed by atoms with Crippen LogP contribution in [0.1, 0.15) is 19.8 Å². The van der Waals surface area contributed by atoms with Gasteiger partial charge in [-0.05, 0) is 36.5 Å². The van der Waals surface area contributed by atoms with E-state index in [0.29, 0.717) is 0 Å². The van der Waals surface area contributed by atoms with Crippen LogP contribution in [-0.2, 0) is 0 Å². The summed E-state index contributed by atoms with van der Waals surface area (Å²) in [5, 5.41) is 0. The molecule has 0 fully saturated rings. The van der Waals surface area contributed by atoms with Gasteiger partial charge in [-0.1, -0.05) is 18.7 Å². The molecule has 0 aliphatic carbocycles. The normalized spacial score (nSPS) is 12.2. The summed E-state index contributed by atoms with van der Waals surface area (Å²) in [5.74, 6) is 0. The Morgan fingerprint density at radius 3 is 2.45 bits per heavy atom. The minimum Gasteiger partial charge on any atom is -0.134 e. The Kier molecular flexibility index (Phi) is 6.05. The molecule has 0 nitrogen and oxygen atoms in total. The third kappa shape index (κ3) is 4.10. The van der Waals surface area contributed by atoms with Crippen molar-refractivity contribution < 1.29 is 0 Å². The molecule has 0 heterocycles. The highest BCUT2D eigenvalue weighted by Crippen LogP contribution is 2.22. The summed E-state index contributed by atoms with van der Waals surface area (Å²) in [6.07, 6.45) is 8.12. The Morgan fingerprint density at radius 2 is 2.09 bits per heavy atom. The Labute approximate surface area is 74.1 Å². The van der Waals surface area contributed by atoms with Gasteiger partial charge in [0, 0.05) is 0 Å². The lowest BCUT2D eigenvalue weighted by Crippen LogP contribution is -1.80. The molecule has 0 rings (SSSR count). The molecule has 0 atom stereocenters. The predicted octanol–water partition coefficient (Wildman–Crippen LogP) is 3.78. The number of thioether (sulfide) groups is 1. The lowest BCUT2D eigenvalue weighted by atomic mass is 10.2. The Hall–Kier alpha value is -0.430. The van der Waals surface area contributed by atoms with Crippen LogP contribution in [-0.4, -0.2) is 6.26 Å². The molecule has 0 aliphatic rings. The Balaban J connectivity index is 4.13. The van der Waals surface area contributed by atoms with Gasteiger partial charge >= 0.3 is 0 Å². The van der Waals surface area contributed by atoms with Gasteiger partial charge in [0.25, 0.3) is 0 Å². The average Bonchev–Trinajstić information content (AvgIpc) is 2.05. The van der Waals surface area contributed by atoms with E-state index >= 15 is 0 Å². The zero-order chi connectivity index (χ0) is 8.69. The second-order valence-electron chi connectivity index (χ2n) is 2.34. The first-order valence-electron chi connectivity index (χ1n) is 3.73.